The van der Waals surface area contributed by atoms with Crippen molar-refractivity contribution in [3.8, 4) is 0 Å². The summed E-state index contributed by atoms with van der Waals surface area (Å²) in [6.07, 6.45) is 7.77. The first-order chi connectivity index (χ1) is 12.1. The molecule has 1 aliphatic rings. The van der Waals surface area contributed by atoms with Crippen LogP contribution in [0.4, 0.5) is 0 Å². The number of aryl methyl sites for hydroxylation is 2. The van der Waals surface area contributed by atoms with Gasteiger partial charge in [-0.2, -0.15) is 0 Å². The molecule has 0 aliphatic carbocycles. The lowest BCUT2D eigenvalue weighted by atomic mass is 9.93. The number of rotatable bonds is 2. The van der Waals surface area contributed by atoms with E-state index in [1.165, 1.54) is 0 Å². The first kappa shape index (κ1) is 15.8. The summed E-state index contributed by atoms with van der Waals surface area (Å²) in [5.74, 6) is 0.445. The number of hydrogen-bond acceptors (Lipinski definition) is 3. The largest absolute Gasteiger partial charge is 0.337 e. The first-order valence-electron chi connectivity index (χ1n) is 8.78. The number of nitrogens with zero attached hydrogens (tertiary/aromatic N) is 4. The second kappa shape index (κ2) is 6.31. The summed E-state index contributed by atoms with van der Waals surface area (Å²) in [5.41, 5.74) is 4.85. The molecule has 3 aromatic rings. The summed E-state index contributed by atoms with van der Waals surface area (Å²) >= 11 is 0. The van der Waals surface area contributed by atoms with Gasteiger partial charge in [-0.15, -0.1) is 0 Å². The highest BCUT2D eigenvalue weighted by molar-refractivity contribution is 5.93. The Hall–Kier alpha value is -2.69. The lowest BCUT2D eigenvalue weighted by Crippen LogP contribution is -2.38. The molecule has 4 heterocycles. The number of aromatic nitrogens is 3. The second-order valence-electron chi connectivity index (χ2n) is 6.79. The molecule has 0 aromatic carbocycles. The molecule has 5 nitrogen and oxygen atoms in total. The second-order valence-corrected chi connectivity index (χ2v) is 6.79. The van der Waals surface area contributed by atoms with Crippen molar-refractivity contribution in [1.29, 1.82) is 0 Å². The normalized spacial score (nSPS) is 15.7. The lowest BCUT2D eigenvalue weighted by molar-refractivity contribution is 0.0705. The number of carbonyl (C=O) groups is 1. The number of carbonyl (C=O) groups excluding carboxylic acids is 1. The van der Waals surface area contributed by atoms with Crippen LogP contribution in [0.15, 0.2) is 42.9 Å². The van der Waals surface area contributed by atoms with Gasteiger partial charge in [0.05, 0.1) is 16.9 Å². The summed E-state index contributed by atoms with van der Waals surface area (Å²) in [4.78, 5) is 23.7. The summed E-state index contributed by atoms with van der Waals surface area (Å²) in [6, 6.07) is 7.93. The molecule has 1 amide bonds. The fourth-order valence-corrected chi connectivity index (χ4v) is 3.67. The van der Waals surface area contributed by atoms with Crippen molar-refractivity contribution in [2.75, 3.05) is 13.1 Å². The summed E-state index contributed by atoms with van der Waals surface area (Å²) < 4.78 is 2.15. The lowest BCUT2D eigenvalue weighted by Gasteiger charge is -2.32. The molecule has 0 radical (unpaired) electrons. The maximum atomic E-state index is 12.7. The molecule has 0 N–H and O–H groups in total. The molecule has 25 heavy (non-hydrogen) atoms. The Balaban J connectivity index is 1.49. The molecule has 0 unspecified atom stereocenters. The van der Waals surface area contributed by atoms with Crippen LogP contribution in [0.3, 0.4) is 0 Å². The van der Waals surface area contributed by atoms with Gasteiger partial charge in [0.2, 0.25) is 0 Å². The van der Waals surface area contributed by atoms with Gasteiger partial charge in [0, 0.05) is 37.6 Å². The molecule has 0 saturated carbocycles. The number of hydrogen-bond donors (Lipinski definition) is 0. The van der Waals surface area contributed by atoms with Crippen molar-refractivity contribution in [1.82, 2.24) is 19.3 Å². The van der Waals surface area contributed by atoms with E-state index in [0.717, 1.165) is 48.4 Å². The van der Waals surface area contributed by atoms with Crippen LogP contribution < -0.4 is 0 Å². The van der Waals surface area contributed by atoms with Crippen molar-refractivity contribution in [3.05, 3.63) is 65.5 Å². The molecule has 0 spiro atoms. The molecule has 1 fully saturated rings. The summed E-state index contributed by atoms with van der Waals surface area (Å²) in [6.45, 7) is 5.50. The van der Waals surface area contributed by atoms with Gasteiger partial charge >= 0.3 is 0 Å². The van der Waals surface area contributed by atoms with Gasteiger partial charge in [0.1, 0.15) is 5.69 Å². The molecule has 1 saturated heterocycles. The van der Waals surface area contributed by atoms with Crippen LogP contribution in [0.5, 0.6) is 0 Å². The van der Waals surface area contributed by atoms with Gasteiger partial charge in [0.15, 0.2) is 0 Å². The number of piperidine rings is 1. The Kier molecular flexibility index (Phi) is 3.99. The van der Waals surface area contributed by atoms with E-state index in [2.05, 4.69) is 34.8 Å². The fraction of sp³-hybridized carbons (Fsp3) is 0.350. The minimum atomic E-state index is 0.0431. The van der Waals surface area contributed by atoms with E-state index < -0.39 is 0 Å². The number of likely N-dealkylation sites (tertiary alicyclic amines) is 1. The highest BCUT2D eigenvalue weighted by Crippen LogP contribution is 2.28. The zero-order valence-corrected chi connectivity index (χ0v) is 14.6. The summed E-state index contributed by atoms with van der Waals surface area (Å²) in [7, 11) is 0. The summed E-state index contributed by atoms with van der Waals surface area (Å²) in [5, 5.41) is 0. The number of amides is 1. The van der Waals surface area contributed by atoms with Gasteiger partial charge in [0.25, 0.3) is 5.91 Å². The number of pyridine rings is 1. The van der Waals surface area contributed by atoms with Crippen molar-refractivity contribution < 1.29 is 4.79 Å². The van der Waals surface area contributed by atoms with E-state index in [1.807, 2.05) is 30.0 Å². The van der Waals surface area contributed by atoms with E-state index in [-0.39, 0.29) is 5.91 Å². The van der Waals surface area contributed by atoms with Gasteiger partial charge in [-0.25, -0.2) is 0 Å². The Bertz CT molecular complexity index is 922. The predicted molar refractivity (Wildman–Crippen MR) is 96.8 cm³/mol. The average molecular weight is 334 g/mol. The molecular formula is C20H22N4O. The monoisotopic (exact) mass is 334 g/mol. The Morgan fingerprint density at radius 1 is 1.16 bits per heavy atom. The fourth-order valence-electron chi connectivity index (χ4n) is 3.67. The van der Waals surface area contributed by atoms with Crippen LogP contribution in [0.25, 0.3) is 5.52 Å². The van der Waals surface area contributed by atoms with Crippen LogP contribution >= 0.6 is 0 Å². The van der Waals surface area contributed by atoms with Crippen LogP contribution in [0.1, 0.15) is 46.2 Å². The van der Waals surface area contributed by atoms with Crippen LogP contribution in [-0.4, -0.2) is 38.3 Å². The van der Waals surface area contributed by atoms with E-state index >= 15 is 0 Å². The van der Waals surface area contributed by atoms with Crippen molar-refractivity contribution in [3.63, 3.8) is 0 Å². The van der Waals surface area contributed by atoms with Gasteiger partial charge < -0.3 is 9.30 Å². The smallest absolute Gasteiger partial charge is 0.272 e. The van der Waals surface area contributed by atoms with Crippen LogP contribution in [0.2, 0.25) is 0 Å². The molecule has 0 bridgehead atoms. The van der Waals surface area contributed by atoms with E-state index in [4.69, 9.17) is 4.98 Å². The van der Waals surface area contributed by atoms with Crippen molar-refractivity contribution in [2.45, 2.75) is 32.6 Å². The molecule has 1 aliphatic heterocycles. The Morgan fingerprint density at radius 2 is 1.96 bits per heavy atom. The van der Waals surface area contributed by atoms with Crippen molar-refractivity contribution >= 4 is 11.4 Å². The Morgan fingerprint density at radius 3 is 2.72 bits per heavy atom. The molecular weight excluding hydrogens is 312 g/mol. The third-order valence-corrected chi connectivity index (χ3v) is 5.13. The maximum absolute atomic E-state index is 12.7. The highest BCUT2D eigenvalue weighted by atomic mass is 16.2. The van der Waals surface area contributed by atoms with Crippen molar-refractivity contribution in [2.24, 2.45) is 0 Å². The Labute approximate surface area is 147 Å². The predicted octanol–water partition coefficient (Wildman–Crippen LogP) is 3.37. The minimum absolute atomic E-state index is 0.0431. The first-order valence-corrected chi connectivity index (χ1v) is 8.78. The zero-order valence-electron chi connectivity index (χ0n) is 14.6. The van der Waals surface area contributed by atoms with Crippen LogP contribution in [0, 0.1) is 13.8 Å². The maximum Gasteiger partial charge on any atom is 0.272 e. The van der Waals surface area contributed by atoms with Gasteiger partial charge in [-0.05, 0) is 50.5 Å². The van der Waals surface area contributed by atoms with Gasteiger partial charge in [-0.1, -0.05) is 6.07 Å². The minimum Gasteiger partial charge on any atom is -0.337 e. The third kappa shape index (κ3) is 2.90. The van der Waals surface area contributed by atoms with Gasteiger partial charge in [-0.3, -0.25) is 14.8 Å². The highest BCUT2D eigenvalue weighted by Gasteiger charge is 2.27. The topological polar surface area (TPSA) is 50.5 Å². The SMILES string of the molecule is Cc1cccnc1C(=O)N1CCC(c2cn3cccc3c(C)n2)CC1. The zero-order chi connectivity index (χ0) is 17.4. The van der Waals surface area contributed by atoms with E-state index in [1.54, 1.807) is 6.20 Å². The molecule has 5 heteroatoms. The molecule has 128 valence electrons. The van der Waals surface area contributed by atoms with E-state index in [9.17, 15) is 4.79 Å². The molecule has 4 rings (SSSR count). The molecule has 0 atom stereocenters. The third-order valence-electron chi connectivity index (χ3n) is 5.13. The molecule has 3 aromatic heterocycles. The standard InChI is InChI=1S/C20H22N4O/c1-14-5-3-9-21-19(14)20(25)23-11-7-16(8-12-23)17-13-24-10-4-6-18(24)15(2)22-17/h3-6,9-10,13,16H,7-8,11-12H2,1-2H3. The van der Waals surface area contributed by atoms with E-state index in [0.29, 0.717) is 11.6 Å². The van der Waals surface area contributed by atoms with Crippen LogP contribution in [-0.2, 0) is 0 Å². The quantitative estimate of drug-likeness (QED) is 0.722. The average Bonchev–Trinajstić information content (AvgIpc) is 3.11. The number of fused-ring (bicyclic) bond motifs is 1.